The van der Waals surface area contributed by atoms with E-state index in [1.165, 1.54) is 21.2 Å². The lowest BCUT2D eigenvalue weighted by molar-refractivity contribution is 0.686. The van der Waals surface area contributed by atoms with Crippen molar-refractivity contribution in [2.24, 2.45) is 0 Å². The zero-order valence-corrected chi connectivity index (χ0v) is 16.7. The van der Waals surface area contributed by atoms with Gasteiger partial charge in [-0.15, -0.1) is 11.3 Å². The van der Waals surface area contributed by atoms with Gasteiger partial charge in [0.1, 0.15) is 0 Å². The number of aromatic nitrogens is 1. The van der Waals surface area contributed by atoms with E-state index in [9.17, 15) is 4.21 Å². The highest BCUT2D eigenvalue weighted by Gasteiger charge is 2.19. The Bertz CT molecular complexity index is 1170. The van der Waals surface area contributed by atoms with E-state index in [1.807, 2.05) is 12.1 Å². The van der Waals surface area contributed by atoms with Gasteiger partial charge in [-0.05, 0) is 52.1 Å². The molecule has 4 aromatic rings. The Morgan fingerprint density at radius 1 is 1.26 bits per heavy atom. The minimum Gasteiger partial charge on any atom is -0.361 e. The fraction of sp³-hybridized carbons (Fsp3) is 0.227. The summed E-state index contributed by atoms with van der Waals surface area (Å²) in [5.74, 6) is 0.700. The monoisotopic (exact) mass is 392 g/mol. The Balaban J connectivity index is 1.83. The van der Waals surface area contributed by atoms with E-state index < -0.39 is 10.8 Å². The molecule has 2 atom stereocenters. The third-order valence-corrected chi connectivity index (χ3v) is 6.61. The van der Waals surface area contributed by atoms with Crippen molar-refractivity contribution < 1.29 is 4.21 Å². The highest BCUT2D eigenvalue weighted by Crippen LogP contribution is 2.37. The summed E-state index contributed by atoms with van der Waals surface area (Å²) in [5, 5.41) is 13.7. The van der Waals surface area contributed by atoms with Gasteiger partial charge in [0.25, 0.3) is 0 Å². The molecule has 1 N–H and O–H groups in total. The highest BCUT2D eigenvalue weighted by molar-refractivity contribution is 7.83. The average Bonchev–Trinajstić information content (AvgIpc) is 3.29. The predicted octanol–water partition coefficient (Wildman–Crippen LogP) is 5.70. The molecule has 136 valence electrons. The number of rotatable bonds is 6. The molecular weight excluding hydrogens is 372 g/mol. The van der Waals surface area contributed by atoms with Gasteiger partial charge in [0.2, 0.25) is 0 Å². The van der Waals surface area contributed by atoms with Crippen LogP contribution in [0.2, 0.25) is 0 Å². The summed E-state index contributed by atoms with van der Waals surface area (Å²) in [5.41, 5.74) is 4.58. The molecule has 0 amide bonds. The van der Waals surface area contributed by atoms with Gasteiger partial charge in [-0.25, -0.2) is 0 Å². The fourth-order valence-electron chi connectivity index (χ4n) is 3.78. The van der Waals surface area contributed by atoms with Crippen LogP contribution in [0.1, 0.15) is 35.4 Å². The highest BCUT2D eigenvalue weighted by atomic mass is 32.2. The lowest BCUT2D eigenvalue weighted by Gasteiger charge is -2.16. The molecule has 27 heavy (non-hydrogen) atoms. The van der Waals surface area contributed by atoms with Gasteiger partial charge < -0.3 is 4.98 Å². The topological polar surface area (TPSA) is 56.6 Å². The molecule has 5 heteroatoms. The largest absolute Gasteiger partial charge is 0.361 e. The lowest BCUT2D eigenvalue weighted by Crippen LogP contribution is -2.00. The zero-order chi connectivity index (χ0) is 18.8. The van der Waals surface area contributed by atoms with Gasteiger partial charge >= 0.3 is 0 Å². The van der Waals surface area contributed by atoms with Crippen LogP contribution < -0.4 is 0 Å². The summed E-state index contributed by atoms with van der Waals surface area (Å²) >= 11 is 1.75. The molecule has 0 fully saturated rings. The van der Waals surface area contributed by atoms with Crippen molar-refractivity contribution in [3.05, 3.63) is 70.7 Å². The Kier molecular flexibility index (Phi) is 5.11. The number of nitrogens with one attached hydrogen (secondary N) is 1. The van der Waals surface area contributed by atoms with Crippen molar-refractivity contribution >= 4 is 43.1 Å². The van der Waals surface area contributed by atoms with Crippen molar-refractivity contribution in [2.75, 3.05) is 6.26 Å². The Morgan fingerprint density at radius 2 is 2.15 bits per heavy atom. The molecule has 0 saturated heterocycles. The number of thiophene rings is 1. The van der Waals surface area contributed by atoms with E-state index in [-0.39, 0.29) is 5.92 Å². The number of nitriles is 1. The summed E-state index contributed by atoms with van der Waals surface area (Å²) in [6.45, 7) is 0. The second kappa shape index (κ2) is 7.67. The number of para-hydroxylation sites is 1. The summed E-state index contributed by atoms with van der Waals surface area (Å²) < 4.78 is 13.0. The van der Waals surface area contributed by atoms with Crippen LogP contribution >= 0.6 is 11.3 Å². The van der Waals surface area contributed by atoms with Crippen LogP contribution in [0.15, 0.2) is 54.0 Å². The van der Waals surface area contributed by atoms with Crippen LogP contribution in [0, 0.1) is 11.3 Å². The molecule has 0 radical (unpaired) electrons. The maximum atomic E-state index is 11.7. The third kappa shape index (κ3) is 3.55. The Morgan fingerprint density at radius 3 is 2.96 bits per heavy atom. The number of hydrogen-bond acceptors (Lipinski definition) is 3. The van der Waals surface area contributed by atoms with Crippen molar-refractivity contribution in [2.45, 2.75) is 24.5 Å². The second-order valence-corrected chi connectivity index (χ2v) is 9.15. The number of aromatic amines is 1. The van der Waals surface area contributed by atoms with Crippen molar-refractivity contribution in [3.8, 4) is 6.07 Å². The van der Waals surface area contributed by atoms with E-state index in [0.29, 0.717) is 12.2 Å². The first-order valence-electron chi connectivity index (χ1n) is 8.90. The molecule has 0 spiro atoms. The number of H-pyrrole nitrogens is 1. The Labute approximate surface area is 165 Å². The van der Waals surface area contributed by atoms with Gasteiger partial charge in [-0.2, -0.15) is 5.26 Å². The quantitative estimate of drug-likeness (QED) is 0.458. The number of nitrogens with zero attached hydrogens (tertiary/aromatic N) is 1. The summed E-state index contributed by atoms with van der Waals surface area (Å²) in [6, 6.07) is 17.2. The lowest BCUT2D eigenvalue weighted by atomic mass is 9.87. The number of benzene rings is 2. The van der Waals surface area contributed by atoms with E-state index in [0.717, 1.165) is 22.9 Å². The third-order valence-electron chi connectivity index (χ3n) is 4.99. The normalized spacial score (nSPS) is 13.6. The van der Waals surface area contributed by atoms with Crippen LogP contribution in [-0.4, -0.2) is 15.4 Å². The molecule has 0 saturated carbocycles. The molecule has 2 unspecified atom stereocenters. The van der Waals surface area contributed by atoms with E-state index in [4.69, 9.17) is 5.26 Å². The first-order chi connectivity index (χ1) is 13.2. The summed E-state index contributed by atoms with van der Waals surface area (Å²) in [6.07, 6.45) is 5.09. The molecule has 2 heterocycles. The molecule has 2 aromatic carbocycles. The first-order valence-corrected chi connectivity index (χ1v) is 11.5. The van der Waals surface area contributed by atoms with Crippen molar-refractivity contribution in [3.63, 3.8) is 0 Å². The summed E-state index contributed by atoms with van der Waals surface area (Å²) in [7, 11) is -0.888. The zero-order valence-electron chi connectivity index (χ0n) is 15.1. The maximum Gasteiger partial charge on any atom is 0.0622 e. The smallest absolute Gasteiger partial charge is 0.0622 e. The second-order valence-electron chi connectivity index (χ2n) is 6.77. The number of fused-ring (bicyclic) bond motifs is 2. The molecule has 0 aliphatic carbocycles. The van der Waals surface area contributed by atoms with Crippen molar-refractivity contribution in [1.29, 1.82) is 5.26 Å². The minimum absolute atomic E-state index is 0.157. The van der Waals surface area contributed by atoms with Crippen LogP contribution in [0.4, 0.5) is 0 Å². The molecule has 3 nitrogen and oxygen atoms in total. The van der Waals surface area contributed by atoms with E-state index >= 15 is 0 Å². The van der Waals surface area contributed by atoms with Gasteiger partial charge in [-0.1, -0.05) is 24.3 Å². The first kappa shape index (κ1) is 18.0. The molecule has 4 rings (SSSR count). The van der Waals surface area contributed by atoms with Crippen LogP contribution in [0.3, 0.4) is 0 Å². The fourth-order valence-corrected chi connectivity index (χ4v) is 5.23. The average molecular weight is 393 g/mol. The molecular formula is C22H20N2OS2. The molecule has 0 bridgehead atoms. The summed E-state index contributed by atoms with van der Waals surface area (Å²) in [4.78, 5) is 3.41. The molecule has 2 aromatic heterocycles. The van der Waals surface area contributed by atoms with E-state index in [1.54, 1.807) is 17.6 Å². The number of hydrogen-bond donors (Lipinski definition) is 1. The van der Waals surface area contributed by atoms with Crippen LogP contribution in [0.25, 0.3) is 21.0 Å². The Hall–Kier alpha value is -2.42. The minimum atomic E-state index is -0.888. The van der Waals surface area contributed by atoms with Crippen LogP contribution in [0.5, 0.6) is 0 Å². The molecule has 0 aliphatic rings. The SMILES string of the molecule is CS(=O)Cc1cccc2c(C(CCC#N)c3ccc4sccc4c3)c[nH]c12. The predicted molar refractivity (Wildman–Crippen MR) is 115 cm³/mol. The van der Waals surface area contributed by atoms with Gasteiger partial charge in [0.15, 0.2) is 0 Å². The maximum absolute atomic E-state index is 11.7. The standard InChI is InChI=1S/C22H20N2OS2/c1-27(25)14-17-4-2-5-19-20(13-24-22(17)19)18(6-3-10-23)15-7-8-21-16(12-15)9-11-26-21/h2,4-5,7-9,11-13,18,24H,3,6,14H2,1H3. The van der Waals surface area contributed by atoms with Crippen LogP contribution in [-0.2, 0) is 16.6 Å². The van der Waals surface area contributed by atoms with Gasteiger partial charge in [-0.3, -0.25) is 4.21 Å². The van der Waals surface area contributed by atoms with Crippen molar-refractivity contribution in [1.82, 2.24) is 4.98 Å². The van der Waals surface area contributed by atoms with Gasteiger partial charge in [0, 0.05) is 51.2 Å². The van der Waals surface area contributed by atoms with E-state index in [2.05, 4.69) is 53.0 Å². The molecule has 0 aliphatic heterocycles. The van der Waals surface area contributed by atoms with Gasteiger partial charge in [0.05, 0.1) is 11.8 Å².